The van der Waals surface area contributed by atoms with Crippen molar-refractivity contribution in [2.75, 3.05) is 5.32 Å². The summed E-state index contributed by atoms with van der Waals surface area (Å²) in [6, 6.07) is 9.75. The van der Waals surface area contributed by atoms with Crippen molar-refractivity contribution in [3.8, 4) is 6.07 Å². The molecular weight excluding hydrogens is 373 g/mol. The van der Waals surface area contributed by atoms with Gasteiger partial charge in [0.25, 0.3) is 0 Å². The molecule has 5 heteroatoms. The Labute approximate surface area is 130 Å². The maximum atomic E-state index is 9.22. The molecule has 0 radical (unpaired) electrons. The molecule has 0 bridgehead atoms. The van der Waals surface area contributed by atoms with Crippen LogP contribution in [0.5, 0.6) is 0 Å². The molecule has 2 aromatic rings. The summed E-state index contributed by atoms with van der Waals surface area (Å²) in [5.74, 6) is 0.545. The van der Waals surface area contributed by atoms with Gasteiger partial charge in [-0.15, -0.1) is 0 Å². The molecule has 0 aliphatic rings. The van der Waals surface area contributed by atoms with Gasteiger partial charge in [0.1, 0.15) is 11.9 Å². The smallest absolute Gasteiger partial charge is 0.148 e. The topological polar surface area (TPSA) is 48.7 Å². The van der Waals surface area contributed by atoms with Crippen LogP contribution in [0.4, 0.5) is 11.5 Å². The second-order valence-electron chi connectivity index (χ2n) is 4.17. The summed E-state index contributed by atoms with van der Waals surface area (Å²) in [7, 11) is 0. The van der Waals surface area contributed by atoms with Gasteiger partial charge in [0.15, 0.2) is 0 Å². The number of pyridine rings is 1. The molecule has 1 heterocycles. The highest BCUT2D eigenvalue weighted by molar-refractivity contribution is 14.1. The highest BCUT2D eigenvalue weighted by atomic mass is 127. The van der Waals surface area contributed by atoms with Crippen molar-refractivity contribution in [1.29, 1.82) is 5.26 Å². The van der Waals surface area contributed by atoms with E-state index in [0.717, 1.165) is 20.5 Å². The van der Waals surface area contributed by atoms with E-state index in [9.17, 15) is 5.26 Å². The average molecular weight is 384 g/mol. The summed E-state index contributed by atoms with van der Waals surface area (Å²) in [4.78, 5) is 4.37. The van der Waals surface area contributed by atoms with Gasteiger partial charge in [-0.1, -0.05) is 11.6 Å². The third kappa shape index (κ3) is 3.17. The Hall–Kier alpha value is -1.32. The Bertz CT molecular complexity index is 677. The Morgan fingerprint density at radius 3 is 2.68 bits per heavy atom. The largest absolute Gasteiger partial charge is 0.338 e. The second kappa shape index (κ2) is 5.76. The molecule has 0 spiro atoms. The number of hydrogen-bond donors (Lipinski definition) is 1. The van der Waals surface area contributed by atoms with Crippen LogP contribution in [0.3, 0.4) is 0 Å². The van der Waals surface area contributed by atoms with Gasteiger partial charge in [0.05, 0.1) is 16.3 Å². The Balaban J connectivity index is 2.46. The lowest BCUT2D eigenvalue weighted by atomic mass is 10.1. The summed E-state index contributed by atoms with van der Waals surface area (Å²) < 4.78 is 1.06. The second-order valence-corrected chi connectivity index (χ2v) is 5.82. The number of nitriles is 1. The quantitative estimate of drug-likeness (QED) is 0.773. The molecule has 0 amide bonds. The summed E-state index contributed by atoms with van der Waals surface area (Å²) >= 11 is 8.37. The van der Waals surface area contributed by atoms with Gasteiger partial charge in [0.2, 0.25) is 0 Å². The third-order valence-electron chi connectivity index (χ3n) is 2.64. The normalized spacial score (nSPS) is 10.1. The third-order valence-corrected chi connectivity index (χ3v) is 3.62. The standard InChI is InChI=1S/C14H11ClIN3/c1-8-5-9(2)18-14(11(8)7-17)19-13-4-3-10(16)6-12(13)15/h3-6H,1-2H3,(H,18,19). The van der Waals surface area contributed by atoms with E-state index >= 15 is 0 Å². The van der Waals surface area contributed by atoms with Gasteiger partial charge >= 0.3 is 0 Å². The SMILES string of the molecule is Cc1cc(C)c(C#N)c(Nc2ccc(I)cc2Cl)n1. The van der Waals surface area contributed by atoms with Gasteiger partial charge in [0, 0.05) is 9.26 Å². The van der Waals surface area contributed by atoms with E-state index in [-0.39, 0.29) is 0 Å². The molecule has 19 heavy (non-hydrogen) atoms. The number of aryl methyl sites for hydroxylation is 2. The zero-order valence-corrected chi connectivity index (χ0v) is 13.4. The molecule has 0 atom stereocenters. The van der Waals surface area contributed by atoms with Crippen LogP contribution in [0.15, 0.2) is 24.3 Å². The van der Waals surface area contributed by atoms with E-state index in [2.05, 4.69) is 39.0 Å². The first-order valence-electron chi connectivity index (χ1n) is 5.61. The Morgan fingerprint density at radius 1 is 1.32 bits per heavy atom. The molecule has 0 aliphatic carbocycles. The van der Waals surface area contributed by atoms with E-state index in [1.54, 1.807) is 0 Å². The highest BCUT2D eigenvalue weighted by Gasteiger charge is 2.10. The first-order chi connectivity index (χ1) is 9.01. The van der Waals surface area contributed by atoms with E-state index in [1.165, 1.54) is 0 Å². The molecule has 1 aromatic heterocycles. The monoisotopic (exact) mass is 383 g/mol. The van der Waals surface area contributed by atoms with E-state index in [4.69, 9.17) is 11.6 Å². The Morgan fingerprint density at radius 2 is 2.05 bits per heavy atom. The van der Waals surface area contributed by atoms with Gasteiger partial charge in [-0.25, -0.2) is 4.98 Å². The number of benzene rings is 1. The van der Waals surface area contributed by atoms with E-state index in [0.29, 0.717) is 16.4 Å². The van der Waals surface area contributed by atoms with Gasteiger partial charge in [-0.05, 0) is 66.3 Å². The van der Waals surface area contributed by atoms with Crippen molar-refractivity contribution in [3.63, 3.8) is 0 Å². The van der Waals surface area contributed by atoms with Crippen LogP contribution in [-0.4, -0.2) is 4.98 Å². The molecule has 0 saturated carbocycles. The molecule has 0 saturated heterocycles. The van der Waals surface area contributed by atoms with Crippen LogP contribution in [0.1, 0.15) is 16.8 Å². The lowest BCUT2D eigenvalue weighted by Gasteiger charge is -2.11. The predicted octanol–water partition coefficient (Wildman–Crippen LogP) is 4.57. The molecule has 0 fully saturated rings. The molecule has 1 N–H and O–H groups in total. The summed E-state index contributed by atoms with van der Waals surface area (Å²) in [6.07, 6.45) is 0. The minimum atomic E-state index is 0.542. The van der Waals surface area contributed by atoms with E-state index < -0.39 is 0 Å². The summed E-state index contributed by atoms with van der Waals surface area (Å²) in [6.45, 7) is 3.79. The number of aromatic nitrogens is 1. The molecule has 1 aromatic carbocycles. The van der Waals surface area contributed by atoms with Crippen LogP contribution in [0.25, 0.3) is 0 Å². The predicted molar refractivity (Wildman–Crippen MR) is 85.9 cm³/mol. The maximum absolute atomic E-state index is 9.22. The van der Waals surface area contributed by atoms with Crippen molar-refractivity contribution in [2.45, 2.75) is 13.8 Å². The fraction of sp³-hybridized carbons (Fsp3) is 0.143. The lowest BCUT2D eigenvalue weighted by molar-refractivity contribution is 1.16. The lowest BCUT2D eigenvalue weighted by Crippen LogP contribution is -2.01. The van der Waals surface area contributed by atoms with E-state index in [1.807, 2.05) is 38.1 Å². The van der Waals surface area contributed by atoms with Crippen LogP contribution in [-0.2, 0) is 0 Å². The number of halogens is 2. The average Bonchev–Trinajstić information content (AvgIpc) is 2.32. The summed E-state index contributed by atoms with van der Waals surface area (Å²) in [5.41, 5.74) is 3.05. The first-order valence-corrected chi connectivity index (χ1v) is 7.07. The van der Waals surface area contributed by atoms with Crippen molar-refractivity contribution in [3.05, 3.63) is 49.7 Å². The zero-order chi connectivity index (χ0) is 14.0. The first kappa shape index (κ1) is 14.1. The van der Waals surface area contributed by atoms with Crippen molar-refractivity contribution in [1.82, 2.24) is 4.98 Å². The maximum Gasteiger partial charge on any atom is 0.148 e. The number of nitrogens with one attached hydrogen (secondary N) is 1. The van der Waals surface area contributed by atoms with Crippen molar-refractivity contribution in [2.24, 2.45) is 0 Å². The molecule has 2 rings (SSSR count). The highest BCUT2D eigenvalue weighted by Crippen LogP contribution is 2.28. The van der Waals surface area contributed by atoms with Gasteiger partial charge in [-0.2, -0.15) is 5.26 Å². The fourth-order valence-corrected chi connectivity index (χ4v) is 2.69. The van der Waals surface area contributed by atoms with Gasteiger partial charge in [-0.3, -0.25) is 0 Å². The van der Waals surface area contributed by atoms with Crippen molar-refractivity contribution < 1.29 is 0 Å². The van der Waals surface area contributed by atoms with Crippen LogP contribution < -0.4 is 5.32 Å². The van der Waals surface area contributed by atoms with Crippen molar-refractivity contribution >= 4 is 45.7 Å². The van der Waals surface area contributed by atoms with Gasteiger partial charge < -0.3 is 5.32 Å². The van der Waals surface area contributed by atoms with Crippen LogP contribution >= 0.6 is 34.2 Å². The molecule has 3 nitrogen and oxygen atoms in total. The Kier molecular flexibility index (Phi) is 4.27. The summed E-state index contributed by atoms with van der Waals surface area (Å²) in [5, 5.41) is 13.0. The number of anilines is 2. The fourth-order valence-electron chi connectivity index (χ4n) is 1.79. The minimum Gasteiger partial charge on any atom is -0.338 e. The molecule has 0 aliphatic heterocycles. The molecular formula is C14H11ClIN3. The molecule has 0 unspecified atom stereocenters. The van der Waals surface area contributed by atoms with Crippen LogP contribution in [0, 0.1) is 28.7 Å². The minimum absolute atomic E-state index is 0.542. The molecule has 96 valence electrons. The van der Waals surface area contributed by atoms with Crippen LogP contribution in [0.2, 0.25) is 5.02 Å². The zero-order valence-electron chi connectivity index (χ0n) is 10.5. The number of hydrogen-bond acceptors (Lipinski definition) is 3. The number of rotatable bonds is 2. The number of nitrogens with zero attached hydrogens (tertiary/aromatic N) is 2.